The summed E-state index contributed by atoms with van der Waals surface area (Å²) in [6.07, 6.45) is 0.928. The van der Waals surface area contributed by atoms with Gasteiger partial charge in [0.2, 0.25) is 0 Å². The van der Waals surface area contributed by atoms with E-state index in [0.29, 0.717) is 23.5 Å². The highest BCUT2D eigenvalue weighted by molar-refractivity contribution is 5.94. The number of amides is 1. The van der Waals surface area contributed by atoms with E-state index in [0.717, 1.165) is 17.7 Å². The van der Waals surface area contributed by atoms with E-state index < -0.39 is 5.97 Å². The van der Waals surface area contributed by atoms with Gasteiger partial charge in [0, 0.05) is 12.1 Å². The smallest absolute Gasteiger partial charge is 0.341 e. The molecule has 0 atom stereocenters. The molecule has 0 bridgehead atoms. The van der Waals surface area contributed by atoms with Crippen molar-refractivity contribution in [3.8, 4) is 11.5 Å². The molecular weight excluding hydrogens is 334 g/mol. The largest absolute Gasteiger partial charge is 0.496 e. The van der Waals surface area contributed by atoms with Crippen LogP contribution in [0.3, 0.4) is 0 Å². The van der Waals surface area contributed by atoms with E-state index in [9.17, 15) is 9.59 Å². The van der Waals surface area contributed by atoms with Crippen molar-refractivity contribution in [1.82, 2.24) is 5.32 Å². The lowest BCUT2D eigenvalue weighted by molar-refractivity contribution is 0.0597. The molecule has 0 saturated heterocycles. The molecule has 0 spiro atoms. The van der Waals surface area contributed by atoms with E-state index in [-0.39, 0.29) is 12.5 Å². The van der Waals surface area contributed by atoms with Crippen LogP contribution < -0.4 is 14.8 Å². The van der Waals surface area contributed by atoms with Gasteiger partial charge in [-0.1, -0.05) is 13.0 Å². The van der Waals surface area contributed by atoms with Crippen LogP contribution in [-0.4, -0.2) is 32.7 Å². The molecule has 0 heterocycles. The van der Waals surface area contributed by atoms with Gasteiger partial charge in [-0.15, -0.1) is 0 Å². The average Bonchev–Trinajstić information content (AvgIpc) is 2.69. The predicted molar refractivity (Wildman–Crippen MR) is 97.7 cm³/mol. The normalized spacial score (nSPS) is 10.1. The van der Waals surface area contributed by atoms with Crippen molar-refractivity contribution in [2.24, 2.45) is 0 Å². The number of hydrogen-bond donors (Lipinski definition) is 1. The second kappa shape index (κ2) is 9.46. The Bertz CT molecular complexity index is 755. The number of esters is 1. The first kappa shape index (κ1) is 19.3. The summed E-state index contributed by atoms with van der Waals surface area (Å²) in [5.41, 5.74) is 1.62. The molecule has 0 fully saturated rings. The molecular formula is C20H23NO5. The van der Waals surface area contributed by atoms with Gasteiger partial charge in [-0.2, -0.15) is 0 Å². The highest BCUT2D eigenvalue weighted by Gasteiger charge is 2.14. The monoisotopic (exact) mass is 357 g/mol. The highest BCUT2D eigenvalue weighted by atomic mass is 16.5. The molecule has 138 valence electrons. The number of methoxy groups -OCH3 is 2. The second-order valence-electron chi connectivity index (χ2n) is 5.58. The minimum Gasteiger partial charge on any atom is -0.496 e. The minimum atomic E-state index is -0.488. The number of rotatable bonds is 8. The van der Waals surface area contributed by atoms with E-state index in [2.05, 4.69) is 5.32 Å². The fraction of sp³-hybridized carbons (Fsp3) is 0.300. The van der Waals surface area contributed by atoms with E-state index in [1.807, 2.05) is 6.92 Å². The Morgan fingerprint density at radius 1 is 1.04 bits per heavy atom. The van der Waals surface area contributed by atoms with E-state index in [4.69, 9.17) is 14.2 Å². The number of ether oxygens (including phenoxy) is 3. The maximum absolute atomic E-state index is 12.3. The molecule has 0 aliphatic rings. The first-order valence-electron chi connectivity index (χ1n) is 8.35. The van der Waals surface area contributed by atoms with Gasteiger partial charge in [0.05, 0.1) is 20.8 Å². The minimum absolute atomic E-state index is 0.206. The fourth-order valence-corrected chi connectivity index (χ4v) is 2.34. The second-order valence-corrected chi connectivity index (χ2v) is 5.58. The Labute approximate surface area is 153 Å². The van der Waals surface area contributed by atoms with E-state index in [1.54, 1.807) is 42.5 Å². The van der Waals surface area contributed by atoms with Crippen molar-refractivity contribution in [2.45, 2.75) is 19.9 Å². The lowest BCUT2D eigenvalue weighted by Gasteiger charge is -2.10. The molecule has 0 aromatic heterocycles. The lowest BCUT2D eigenvalue weighted by atomic mass is 10.1. The van der Waals surface area contributed by atoms with Gasteiger partial charge < -0.3 is 19.5 Å². The van der Waals surface area contributed by atoms with Crippen molar-refractivity contribution < 1.29 is 23.8 Å². The third-order valence-corrected chi connectivity index (χ3v) is 3.71. The zero-order chi connectivity index (χ0) is 18.9. The summed E-state index contributed by atoms with van der Waals surface area (Å²) in [6, 6.07) is 12.1. The van der Waals surface area contributed by atoms with Crippen molar-refractivity contribution in [2.75, 3.05) is 20.8 Å². The van der Waals surface area contributed by atoms with Crippen LogP contribution in [-0.2, 0) is 11.3 Å². The Morgan fingerprint density at radius 2 is 1.77 bits per heavy atom. The first-order chi connectivity index (χ1) is 12.6. The third-order valence-electron chi connectivity index (χ3n) is 3.71. The number of nitrogens with one attached hydrogen (secondary N) is 1. The quantitative estimate of drug-likeness (QED) is 0.735. The van der Waals surface area contributed by atoms with Gasteiger partial charge in [-0.05, 0) is 48.4 Å². The Balaban J connectivity index is 2.01. The van der Waals surface area contributed by atoms with Gasteiger partial charge in [0.15, 0.2) is 0 Å². The average molecular weight is 357 g/mol. The van der Waals surface area contributed by atoms with Crippen molar-refractivity contribution >= 4 is 11.9 Å². The maximum Gasteiger partial charge on any atom is 0.341 e. The molecule has 1 N–H and O–H groups in total. The van der Waals surface area contributed by atoms with Crippen LogP contribution in [0.15, 0.2) is 42.5 Å². The highest BCUT2D eigenvalue weighted by Crippen LogP contribution is 2.21. The van der Waals surface area contributed by atoms with Crippen LogP contribution in [0.5, 0.6) is 11.5 Å². The van der Waals surface area contributed by atoms with Gasteiger partial charge in [-0.3, -0.25) is 4.79 Å². The molecule has 1 amide bonds. The van der Waals surface area contributed by atoms with Crippen molar-refractivity contribution in [3.05, 3.63) is 59.2 Å². The van der Waals surface area contributed by atoms with E-state index >= 15 is 0 Å². The molecule has 0 radical (unpaired) electrons. The predicted octanol–water partition coefficient (Wildman–Crippen LogP) is 3.20. The molecule has 6 nitrogen and oxygen atoms in total. The molecule has 0 unspecified atom stereocenters. The van der Waals surface area contributed by atoms with Crippen LogP contribution in [0.1, 0.15) is 39.6 Å². The van der Waals surface area contributed by atoms with Crippen molar-refractivity contribution in [1.29, 1.82) is 0 Å². The van der Waals surface area contributed by atoms with Crippen LogP contribution in [0.25, 0.3) is 0 Å². The first-order valence-corrected chi connectivity index (χ1v) is 8.35. The molecule has 2 aromatic carbocycles. The Kier molecular flexibility index (Phi) is 7.02. The maximum atomic E-state index is 12.3. The van der Waals surface area contributed by atoms with E-state index in [1.165, 1.54) is 14.2 Å². The van der Waals surface area contributed by atoms with Crippen molar-refractivity contribution in [3.63, 3.8) is 0 Å². The molecule has 0 saturated carbocycles. The number of carbonyl (C=O) groups is 2. The van der Waals surface area contributed by atoms with Crippen LogP contribution >= 0.6 is 0 Å². The number of hydrogen-bond acceptors (Lipinski definition) is 5. The third kappa shape index (κ3) is 4.99. The fourth-order valence-electron chi connectivity index (χ4n) is 2.34. The summed E-state index contributed by atoms with van der Waals surface area (Å²) in [4.78, 5) is 24.1. The number of benzene rings is 2. The molecule has 6 heteroatoms. The molecule has 2 aromatic rings. The van der Waals surface area contributed by atoms with Crippen LogP contribution in [0.2, 0.25) is 0 Å². The molecule has 2 rings (SSSR count). The summed E-state index contributed by atoms with van der Waals surface area (Å²) >= 11 is 0. The van der Waals surface area contributed by atoms with Gasteiger partial charge in [0.1, 0.15) is 17.1 Å². The zero-order valence-corrected chi connectivity index (χ0v) is 15.2. The van der Waals surface area contributed by atoms with Gasteiger partial charge >= 0.3 is 5.97 Å². The summed E-state index contributed by atoms with van der Waals surface area (Å²) in [5.74, 6) is 0.469. The summed E-state index contributed by atoms with van der Waals surface area (Å²) in [5, 5.41) is 2.83. The standard InChI is InChI=1S/C20H23NO5/c1-4-11-26-16-8-6-15(7-9-16)19(22)21-13-14-5-10-18(24-2)17(12-14)20(23)25-3/h5-10,12H,4,11,13H2,1-3H3,(H,21,22). The SMILES string of the molecule is CCCOc1ccc(C(=O)NCc2ccc(OC)c(C(=O)OC)c2)cc1. The summed E-state index contributed by atoms with van der Waals surface area (Å²) < 4.78 is 15.4. The number of carbonyl (C=O) groups excluding carboxylic acids is 2. The van der Waals surface area contributed by atoms with Crippen LogP contribution in [0.4, 0.5) is 0 Å². The molecule has 0 aliphatic carbocycles. The lowest BCUT2D eigenvalue weighted by Crippen LogP contribution is -2.23. The Hall–Kier alpha value is -3.02. The van der Waals surface area contributed by atoms with Crippen LogP contribution in [0, 0.1) is 0 Å². The summed E-state index contributed by atoms with van der Waals surface area (Å²) in [7, 11) is 2.79. The zero-order valence-electron chi connectivity index (χ0n) is 15.2. The summed E-state index contributed by atoms with van der Waals surface area (Å²) in [6.45, 7) is 2.96. The van der Waals surface area contributed by atoms with Gasteiger partial charge in [-0.25, -0.2) is 4.79 Å². The van der Waals surface area contributed by atoms with Gasteiger partial charge in [0.25, 0.3) is 5.91 Å². The molecule has 0 aliphatic heterocycles. The molecule has 26 heavy (non-hydrogen) atoms. The topological polar surface area (TPSA) is 73.9 Å². The Morgan fingerprint density at radius 3 is 2.38 bits per heavy atom.